The van der Waals surface area contributed by atoms with E-state index in [1.807, 2.05) is 0 Å². The molecule has 9 nitrogen and oxygen atoms in total. The molecular formula is C22H15BrClN3O6. The van der Waals surface area contributed by atoms with Gasteiger partial charge in [-0.25, -0.2) is 10.2 Å². The molecule has 0 bridgehead atoms. The van der Waals surface area contributed by atoms with Crippen molar-refractivity contribution >= 4 is 51.3 Å². The lowest BCUT2D eigenvalue weighted by atomic mass is 10.2. The van der Waals surface area contributed by atoms with Crippen molar-refractivity contribution in [2.45, 2.75) is 0 Å². The molecule has 33 heavy (non-hydrogen) atoms. The van der Waals surface area contributed by atoms with Crippen LogP contribution < -0.4 is 14.9 Å². The molecule has 0 atom stereocenters. The first-order chi connectivity index (χ1) is 15.8. The summed E-state index contributed by atoms with van der Waals surface area (Å²) < 4.78 is 11.0. The highest BCUT2D eigenvalue weighted by Gasteiger charge is 2.12. The Hall–Kier alpha value is -3.76. The highest BCUT2D eigenvalue weighted by molar-refractivity contribution is 9.10. The number of rotatable bonds is 8. The number of non-ortho nitro benzene ring substituents is 1. The summed E-state index contributed by atoms with van der Waals surface area (Å²) in [5.41, 5.74) is 3.11. The number of carbonyl (C=O) groups excluding carboxylic acids is 2. The average Bonchev–Trinajstić information content (AvgIpc) is 2.79. The van der Waals surface area contributed by atoms with E-state index in [-0.39, 0.29) is 23.6 Å². The van der Waals surface area contributed by atoms with Crippen molar-refractivity contribution in [3.05, 3.63) is 97.5 Å². The monoisotopic (exact) mass is 531 g/mol. The van der Waals surface area contributed by atoms with E-state index >= 15 is 0 Å². The van der Waals surface area contributed by atoms with Crippen LogP contribution in [0.3, 0.4) is 0 Å². The molecule has 3 aromatic rings. The smallest absolute Gasteiger partial charge is 0.345 e. The van der Waals surface area contributed by atoms with E-state index < -0.39 is 16.8 Å². The van der Waals surface area contributed by atoms with E-state index in [1.54, 1.807) is 48.5 Å². The third-order valence-electron chi connectivity index (χ3n) is 4.07. The van der Waals surface area contributed by atoms with Crippen molar-refractivity contribution < 1.29 is 24.0 Å². The van der Waals surface area contributed by atoms with Gasteiger partial charge in [0.25, 0.3) is 11.6 Å². The zero-order valence-corrected chi connectivity index (χ0v) is 19.1. The van der Waals surface area contributed by atoms with Crippen LogP contribution in [0, 0.1) is 10.1 Å². The summed E-state index contributed by atoms with van der Waals surface area (Å²) in [4.78, 5) is 34.3. The molecule has 0 spiro atoms. The van der Waals surface area contributed by atoms with Gasteiger partial charge < -0.3 is 9.47 Å². The largest absolute Gasteiger partial charge is 0.483 e. The lowest BCUT2D eigenvalue weighted by molar-refractivity contribution is -0.384. The van der Waals surface area contributed by atoms with Gasteiger partial charge in [-0.1, -0.05) is 23.7 Å². The van der Waals surface area contributed by atoms with Crippen LogP contribution in [0.4, 0.5) is 5.69 Å². The standard InChI is InChI=1S/C22H15BrClN3O6/c23-18-11-15(27(30)31)7-10-20(18)32-13-21(28)26-25-12-14-5-8-16(9-6-14)33-22(29)17-3-1-2-4-19(17)24/h1-12H,13H2,(H,26,28)/b25-12-. The third kappa shape index (κ3) is 6.86. The van der Waals surface area contributed by atoms with Crippen LogP contribution in [0.2, 0.25) is 5.02 Å². The normalized spacial score (nSPS) is 10.6. The number of esters is 1. The van der Waals surface area contributed by atoms with Gasteiger partial charge in [0.05, 0.1) is 26.2 Å². The molecule has 168 valence electrons. The molecule has 0 aliphatic rings. The van der Waals surface area contributed by atoms with Crippen molar-refractivity contribution in [3.8, 4) is 11.5 Å². The maximum atomic E-state index is 12.2. The number of halogens is 2. The zero-order valence-electron chi connectivity index (χ0n) is 16.7. The number of nitrogens with one attached hydrogen (secondary N) is 1. The maximum Gasteiger partial charge on any atom is 0.345 e. The Kier molecular flexibility index (Phi) is 8.11. The Morgan fingerprint density at radius 1 is 1.12 bits per heavy atom. The van der Waals surface area contributed by atoms with Crippen LogP contribution in [-0.4, -0.2) is 29.6 Å². The minimum absolute atomic E-state index is 0.104. The van der Waals surface area contributed by atoms with E-state index in [0.717, 1.165) is 0 Å². The fourth-order valence-corrected chi connectivity index (χ4v) is 3.18. The number of nitro benzene ring substituents is 1. The van der Waals surface area contributed by atoms with Gasteiger partial charge in [0.1, 0.15) is 11.5 Å². The van der Waals surface area contributed by atoms with Crippen LogP contribution in [-0.2, 0) is 4.79 Å². The fraction of sp³-hybridized carbons (Fsp3) is 0.0455. The number of ether oxygens (including phenoxy) is 2. The average molecular weight is 533 g/mol. The number of hydrogen-bond acceptors (Lipinski definition) is 7. The fourth-order valence-electron chi connectivity index (χ4n) is 2.49. The van der Waals surface area contributed by atoms with Crippen LogP contribution >= 0.6 is 27.5 Å². The maximum absolute atomic E-state index is 12.2. The third-order valence-corrected chi connectivity index (χ3v) is 5.02. The molecule has 3 rings (SSSR count). The summed E-state index contributed by atoms with van der Waals surface area (Å²) in [5, 5.41) is 14.9. The number of carbonyl (C=O) groups is 2. The lowest BCUT2D eigenvalue weighted by Crippen LogP contribution is -2.24. The van der Waals surface area contributed by atoms with E-state index in [9.17, 15) is 19.7 Å². The first-order valence-corrected chi connectivity index (χ1v) is 10.5. The summed E-state index contributed by atoms with van der Waals surface area (Å²) in [6.45, 7) is -0.343. The number of benzene rings is 3. The molecule has 1 amide bonds. The molecular weight excluding hydrogens is 518 g/mol. The molecule has 0 unspecified atom stereocenters. The van der Waals surface area contributed by atoms with Gasteiger partial charge in [-0.15, -0.1) is 0 Å². The molecule has 0 aliphatic carbocycles. The molecule has 1 N–H and O–H groups in total. The minimum atomic E-state index is -0.575. The number of nitro groups is 1. The Morgan fingerprint density at radius 2 is 1.85 bits per heavy atom. The van der Waals surface area contributed by atoms with Gasteiger partial charge in [0.15, 0.2) is 6.61 Å². The lowest BCUT2D eigenvalue weighted by Gasteiger charge is -2.07. The first kappa shape index (κ1) is 23.9. The van der Waals surface area contributed by atoms with Crippen molar-refractivity contribution in [2.24, 2.45) is 5.10 Å². The SMILES string of the molecule is O=C(COc1ccc([N+](=O)[O-])cc1Br)N/N=C\c1ccc(OC(=O)c2ccccc2Cl)cc1. The predicted octanol–water partition coefficient (Wildman–Crippen LogP) is 4.76. The molecule has 3 aromatic carbocycles. The highest BCUT2D eigenvalue weighted by atomic mass is 79.9. The Bertz CT molecular complexity index is 1220. The summed E-state index contributed by atoms with van der Waals surface area (Å²) >= 11 is 9.14. The van der Waals surface area contributed by atoms with Crippen molar-refractivity contribution in [1.82, 2.24) is 5.43 Å². The number of amides is 1. The second-order valence-corrected chi connectivity index (χ2v) is 7.65. The molecule has 0 fully saturated rings. The van der Waals surface area contributed by atoms with Gasteiger partial charge >= 0.3 is 5.97 Å². The molecule has 0 saturated carbocycles. The van der Waals surface area contributed by atoms with Crippen LogP contribution in [0.5, 0.6) is 11.5 Å². The summed E-state index contributed by atoms with van der Waals surface area (Å²) in [6.07, 6.45) is 1.40. The first-order valence-electron chi connectivity index (χ1n) is 9.29. The Balaban J connectivity index is 1.48. The number of nitrogens with zero attached hydrogens (tertiary/aromatic N) is 2. The second-order valence-electron chi connectivity index (χ2n) is 6.39. The molecule has 0 radical (unpaired) electrons. The van der Waals surface area contributed by atoms with Crippen molar-refractivity contribution in [2.75, 3.05) is 6.61 Å². The van der Waals surface area contributed by atoms with E-state index in [1.165, 1.54) is 24.4 Å². The molecule has 0 aliphatic heterocycles. The predicted molar refractivity (Wildman–Crippen MR) is 125 cm³/mol. The summed E-state index contributed by atoms with van der Waals surface area (Å²) in [5.74, 6) is -0.499. The van der Waals surface area contributed by atoms with Gasteiger partial charge in [-0.05, 0) is 64.0 Å². The van der Waals surface area contributed by atoms with E-state index in [0.29, 0.717) is 20.8 Å². The quantitative estimate of drug-likeness (QED) is 0.147. The molecule has 0 saturated heterocycles. The van der Waals surface area contributed by atoms with Crippen LogP contribution in [0.1, 0.15) is 15.9 Å². The van der Waals surface area contributed by atoms with Gasteiger partial charge in [0.2, 0.25) is 0 Å². The van der Waals surface area contributed by atoms with Crippen LogP contribution in [0.15, 0.2) is 76.3 Å². The zero-order chi connectivity index (χ0) is 23.8. The molecule has 0 aromatic heterocycles. The topological polar surface area (TPSA) is 120 Å². The summed E-state index contributed by atoms with van der Waals surface area (Å²) in [6, 6.07) is 17.0. The van der Waals surface area contributed by atoms with Crippen LogP contribution in [0.25, 0.3) is 0 Å². The van der Waals surface area contributed by atoms with Crippen molar-refractivity contribution in [3.63, 3.8) is 0 Å². The van der Waals surface area contributed by atoms with Gasteiger partial charge in [0, 0.05) is 12.1 Å². The highest BCUT2D eigenvalue weighted by Crippen LogP contribution is 2.29. The Morgan fingerprint density at radius 3 is 2.52 bits per heavy atom. The van der Waals surface area contributed by atoms with E-state index in [4.69, 9.17) is 21.1 Å². The minimum Gasteiger partial charge on any atom is -0.483 e. The van der Waals surface area contributed by atoms with Gasteiger partial charge in [-0.2, -0.15) is 5.10 Å². The number of hydrazone groups is 1. The summed E-state index contributed by atoms with van der Waals surface area (Å²) in [7, 11) is 0. The molecule has 0 heterocycles. The Labute approximate surface area is 201 Å². The van der Waals surface area contributed by atoms with E-state index in [2.05, 4.69) is 26.5 Å². The van der Waals surface area contributed by atoms with Gasteiger partial charge in [-0.3, -0.25) is 14.9 Å². The van der Waals surface area contributed by atoms with Crippen molar-refractivity contribution in [1.29, 1.82) is 0 Å². The second kappa shape index (κ2) is 11.2. The number of hydrogen-bond donors (Lipinski definition) is 1. The molecule has 11 heteroatoms.